The Kier molecular flexibility index (Phi) is 9.15. The molecule has 1 unspecified atom stereocenters. The zero-order chi connectivity index (χ0) is 31.6. The number of anilines is 1. The van der Waals surface area contributed by atoms with Gasteiger partial charge in [0, 0.05) is 30.3 Å². The van der Waals surface area contributed by atoms with Crippen molar-refractivity contribution in [2.45, 2.75) is 71.4 Å². The second kappa shape index (κ2) is 12.7. The van der Waals surface area contributed by atoms with E-state index < -0.39 is 26.0 Å². The van der Waals surface area contributed by atoms with Crippen molar-refractivity contribution in [3.05, 3.63) is 112 Å². The van der Waals surface area contributed by atoms with E-state index in [1.54, 1.807) is 6.92 Å². The molecule has 4 aromatic rings. The number of nitroso groups, excluding NO2 is 1. The van der Waals surface area contributed by atoms with Gasteiger partial charge in [0.2, 0.25) is 0 Å². The third kappa shape index (κ3) is 5.98. The van der Waals surface area contributed by atoms with Crippen molar-refractivity contribution < 1.29 is 22.5 Å². The molecule has 2 heterocycles. The maximum Gasteiger partial charge on any atom is 0.261 e. The number of ether oxygens (including phenoxy) is 1. The highest BCUT2D eigenvalue weighted by Gasteiger charge is 2.50. The van der Waals surface area contributed by atoms with Crippen molar-refractivity contribution in [1.29, 1.82) is 0 Å². The third-order valence-electron chi connectivity index (χ3n) is 8.21. The van der Waals surface area contributed by atoms with Crippen LogP contribution in [0.15, 0.2) is 82.5 Å². The number of morpholine rings is 1. The van der Waals surface area contributed by atoms with Crippen LogP contribution in [-0.4, -0.2) is 38.8 Å². The SMILES string of the molecule is Cc1cc(C(N=O)c2cc(CO[Si](c3ccccc3)(c3ccccc3)C(C)(C)C)c(N3C[C@@H](C)O[C@@H](C)C3)c(F)c2F)no1. The molecule has 1 aliphatic heterocycles. The molecular weight excluding hydrogens is 580 g/mol. The van der Waals surface area contributed by atoms with E-state index in [0.717, 1.165) is 10.4 Å². The number of hydrogen-bond donors (Lipinski definition) is 0. The second-order valence-electron chi connectivity index (χ2n) is 12.6. The van der Waals surface area contributed by atoms with E-state index in [0.29, 0.717) is 24.4 Å². The van der Waals surface area contributed by atoms with Gasteiger partial charge in [-0.3, -0.25) is 0 Å². The molecule has 5 rings (SSSR count). The van der Waals surface area contributed by atoms with Crippen LogP contribution in [-0.2, 0) is 15.8 Å². The van der Waals surface area contributed by atoms with Gasteiger partial charge in [0.1, 0.15) is 11.5 Å². The fraction of sp³-hybridized carbons (Fsp3) is 0.382. The van der Waals surface area contributed by atoms with E-state index in [1.165, 1.54) is 12.1 Å². The molecule has 3 atom stereocenters. The molecule has 0 amide bonds. The first kappa shape index (κ1) is 31.7. The van der Waals surface area contributed by atoms with Crippen LogP contribution in [0, 0.1) is 23.5 Å². The molecule has 1 aliphatic rings. The summed E-state index contributed by atoms with van der Waals surface area (Å²) in [7, 11) is -3.05. The molecule has 0 spiro atoms. The Balaban J connectivity index is 1.69. The minimum atomic E-state index is -3.05. The molecule has 232 valence electrons. The van der Waals surface area contributed by atoms with Crippen molar-refractivity contribution in [2.24, 2.45) is 5.18 Å². The van der Waals surface area contributed by atoms with E-state index in [4.69, 9.17) is 13.7 Å². The Morgan fingerprint density at radius 2 is 1.55 bits per heavy atom. The van der Waals surface area contributed by atoms with Gasteiger partial charge in [0.15, 0.2) is 17.7 Å². The summed E-state index contributed by atoms with van der Waals surface area (Å²) in [5.74, 6) is -1.78. The van der Waals surface area contributed by atoms with E-state index >= 15 is 8.78 Å². The summed E-state index contributed by atoms with van der Waals surface area (Å²) >= 11 is 0. The number of rotatable bonds is 9. The standard InChI is InChI=1S/C34H39F2N3O4Si/c1-22-17-29(38-43-22)32(37-40)28-18-25(33(31(36)30(28)35)39-19-23(2)42-24(3)20-39)21-41-44(34(4,5)6,26-13-9-7-10-14-26)27-15-11-8-12-16-27/h7-18,23-24,32H,19-21H2,1-6H3/t23-,24+,32?. The summed E-state index contributed by atoms with van der Waals surface area (Å²) in [5.41, 5.74) is 0.412. The number of hydrogen-bond acceptors (Lipinski definition) is 7. The summed E-state index contributed by atoms with van der Waals surface area (Å²) in [5, 5.41) is 8.81. The van der Waals surface area contributed by atoms with E-state index in [9.17, 15) is 4.91 Å². The summed E-state index contributed by atoms with van der Waals surface area (Å²) in [6.45, 7) is 12.6. The maximum atomic E-state index is 16.4. The van der Waals surface area contributed by atoms with Crippen molar-refractivity contribution >= 4 is 24.4 Å². The molecule has 7 nitrogen and oxygen atoms in total. The van der Waals surface area contributed by atoms with Gasteiger partial charge in [-0.1, -0.05) is 91.8 Å². The predicted molar refractivity (Wildman–Crippen MR) is 170 cm³/mol. The summed E-state index contributed by atoms with van der Waals surface area (Å²) < 4.78 is 50.6. The average Bonchev–Trinajstić information content (AvgIpc) is 3.41. The molecular formula is C34H39F2N3O4Si. The summed E-state index contributed by atoms with van der Waals surface area (Å²) in [6, 6.07) is 21.8. The Morgan fingerprint density at radius 1 is 0.977 bits per heavy atom. The topological polar surface area (TPSA) is 77.2 Å². The first-order valence-electron chi connectivity index (χ1n) is 14.9. The van der Waals surface area contributed by atoms with Gasteiger partial charge in [0.25, 0.3) is 8.32 Å². The fourth-order valence-electron chi connectivity index (χ4n) is 6.43. The third-order valence-corrected chi connectivity index (χ3v) is 13.2. The van der Waals surface area contributed by atoms with Gasteiger partial charge in [-0.05, 0) is 42.2 Å². The Morgan fingerprint density at radius 3 is 2.02 bits per heavy atom. The highest BCUT2D eigenvalue weighted by molar-refractivity contribution is 6.99. The number of halogens is 2. The number of aryl methyl sites for hydroxylation is 1. The van der Waals surface area contributed by atoms with Gasteiger partial charge in [-0.15, -0.1) is 4.91 Å². The molecule has 44 heavy (non-hydrogen) atoms. The van der Waals surface area contributed by atoms with Crippen molar-refractivity contribution in [3.8, 4) is 0 Å². The normalized spacial score (nSPS) is 18.3. The van der Waals surface area contributed by atoms with Crippen LogP contribution in [0.2, 0.25) is 5.04 Å². The van der Waals surface area contributed by atoms with Gasteiger partial charge in [-0.2, -0.15) is 0 Å². The minimum Gasteiger partial charge on any atom is -0.403 e. The smallest absolute Gasteiger partial charge is 0.261 e. The van der Waals surface area contributed by atoms with Gasteiger partial charge >= 0.3 is 0 Å². The number of nitrogens with zero attached hydrogens (tertiary/aromatic N) is 3. The molecule has 0 bridgehead atoms. The van der Waals surface area contributed by atoms with E-state index in [2.05, 4.69) is 55.4 Å². The van der Waals surface area contributed by atoms with Crippen molar-refractivity contribution in [1.82, 2.24) is 5.16 Å². The van der Waals surface area contributed by atoms with Gasteiger partial charge in [0.05, 0.1) is 24.5 Å². The van der Waals surface area contributed by atoms with Crippen molar-refractivity contribution in [3.63, 3.8) is 0 Å². The zero-order valence-corrected chi connectivity index (χ0v) is 27.0. The van der Waals surface area contributed by atoms with Gasteiger partial charge < -0.3 is 18.6 Å². The Hall–Kier alpha value is -3.73. The zero-order valence-electron chi connectivity index (χ0n) is 26.0. The quantitative estimate of drug-likeness (QED) is 0.151. The molecule has 0 aliphatic carbocycles. The summed E-state index contributed by atoms with van der Waals surface area (Å²) in [6.07, 6.45) is -0.400. The lowest BCUT2D eigenvalue weighted by Gasteiger charge is -2.43. The lowest BCUT2D eigenvalue weighted by Crippen LogP contribution is -2.66. The molecule has 1 aromatic heterocycles. The van der Waals surface area contributed by atoms with Crippen LogP contribution in [0.4, 0.5) is 14.5 Å². The van der Waals surface area contributed by atoms with Gasteiger partial charge in [-0.25, -0.2) is 8.78 Å². The maximum absolute atomic E-state index is 16.4. The first-order valence-corrected chi connectivity index (χ1v) is 16.8. The Labute approximate surface area is 258 Å². The van der Waals surface area contributed by atoms with Crippen LogP contribution in [0.25, 0.3) is 0 Å². The average molecular weight is 620 g/mol. The number of benzene rings is 3. The largest absolute Gasteiger partial charge is 0.403 e. The molecule has 1 saturated heterocycles. The van der Waals surface area contributed by atoms with Crippen LogP contribution >= 0.6 is 0 Å². The van der Waals surface area contributed by atoms with Crippen LogP contribution in [0.1, 0.15) is 63.2 Å². The van der Waals surface area contributed by atoms with Crippen LogP contribution < -0.4 is 15.3 Å². The second-order valence-corrected chi connectivity index (χ2v) is 16.9. The lowest BCUT2D eigenvalue weighted by atomic mass is 9.98. The van der Waals surface area contributed by atoms with E-state index in [1.807, 2.05) is 55.1 Å². The van der Waals surface area contributed by atoms with E-state index in [-0.39, 0.29) is 40.8 Å². The van der Waals surface area contributed by atoms with Crippen molar-refractivity contribution in [2.75, 3.05) is 18.0 Å². The van der Waals surface area contributed by atoms with Crippen LogP contribution in [0.5, 0.6) is 0 Å². The molecule has 0 saturated carbocycles. The molecule has 3 aromatic carbocycles. The first-order chi connectivity index (χ1) is 21.0. The fourth-order valence-corrected chi connectivity index (χ4v) is 11.0. The molecule has 0 radical (unpaired) electrons. The molecule has 10 heteroatoms. The lowest BCUT2D eigenvalue weighted by molar-refractivity contribution is -0.00553. The highest BCUT2D eigenvalue weighted by Crippen LogP contribution is 2.40. The summed E-state index contributed by atoms with van der Waals surface area (Å²) in [4.78, 5) is 13.9. The Bertz CT molecular complexity index is 1540. The molecule has 1 fully saturated rings. The van der Waals surface area contributed by atoms with Crippen LogP contribution in [0.3, 0.4) is 0 Å². The predicted octanol–water partition coefficient (Wildman–Crippen LogP) is 6.81. The number of aromatic nitrogens is 1. The highest BCUT2D eigenvalue weighted by atomic mass is 28.4. The molecule has 0 N–H and O–H groups in total. The minimum absolute atomic E-state index is 0.0314. The monoisotopic (exact) mass is 619 g/mol.